The number of hydrogen-bond acceptors (Lipinski definition) is 3. The van der Waals surface area contributed by atoms with E-state index in [9.17, 15) is 4.39 Å². The number of nitrogens with one attached hydrogen (secondary N) is 1. The average Bonchev–Trinajstić information content (AvgIpc) is 2.91. The molecule has 1 N–H and O–H groups in total. The Hall–Kier alpha value is -1.72. The normalized spacial score (nSPS) is 12.8. The summed E-state index contributed by atoms with van der Waals surface area (Å²) in [6.07, 6.45) is 5.05. The zero-order chi connectivity index (χ0) is 15.9. The Labute approximate surface area is 131 Å². The Kier molecular flexibility index (Phi) is 6.10. The molecule has 1 atom stereocenters. The lowest BCUT2D eigenvalue weighted by Crippen LogP contribution is -2.30. The van der Waals surface area contributed by atoms with Crippen LogP contribution in [0.15, 0.2) is 36.7 Å². The Morgan fingerprint density at radius 2 is 2.18 bits per heavy atom. The molecule has 0 aliphatic heterocycles. The third kappa shape index (κ3) is 4.64. The molecule has 0 spiro atoms. The van der Waals surface area contributed by atoms with Crippen LogP contribution in [0.1, 0.15) is 30.5 Å². The van der Waals surface area contributed by atoms with Gasteiger partial charge in [0.1, 0.15) is 5.82 Å². The molecular weight excluding hydrogens is 279 g/mol. The first-order valence-corrected chi connectivity index (χ1v) is 7.74. The highest BCUT2D eigenvalue weighted by atomic mass is 19.1. The van der Waals surface area contributed by atoms with E-state index < -0.39 is 0 Å². The summed E-state index contributed by atoms with van der Waals surface area (Å²) < 4.78 is 15.4. The third-order valence-electron chi connectivity index (χ3n) is 3.66. The SMILES string of the molecule is CCCn1cc(CNCC(c2cccc(F)c2)N(C)C)cn1. The summed E-state index contributed by atoms with van der Waals surface area (Å²) in [7, 11) is 4.02. The fourth-order valence-electron chi connectivity index (χ4n) is 2.51. The summed E-state index contributed by atoms with van der Waals surface area (Å²) in [6, 6.07) is 6.95. The van der Waals surface area contributed by atoms with Crippen molar-refractivity contribution in [3.8, 4) is 0 Å². The molecule has 2 aromatic rings. The second-order valence-electron chi connectivity index (χ2n) is 5.78. The first-order chi connectivity index (χ1) is 10.6. The number of aryl methyl sites for hydroxylation is 1. The summed E-state index contributed by atoms with van der Waals surface area (Å²) in [4.78, 5) is 2.10. The van der Waals surface area contributed by atoms with Gasteiger partial charge in [0.25, 0.3) is 0 Å². The monoisotopic (exact) mass is 304 g/mol. The van der Waals surface area contributed by atoms with Crippen molar-refractivity contribution in [3.05, 3.63) is 53.6 Å². The Bertz CT molecular complexity index is 580. The molecule has 0 bridgehead atoms. The molecular formula is C17H25FN4. The van der Waals surface area contributed by atoms with E-state index in [1.165, 1.54) is 11.6 Å². The van der Waals surface area contributed by atoms with E-state index in [4.69, 9.17) is 0 Å². The van der Waals surface area contributed by atoms with Crippen molar-refractivity contribution < 1.29 is 4.39 Å². The second kappa shape index (κ2) is 8.06. The van der Waals surface area contributed by atoms with Crippen LogP contribution in [0.25, 0.3) is 0 Å². The average molecular weight is 304 g/mol. The molecule has 22 heavy (non-hydrogen) atoms. The van der Waals surface area contributed by atoms with Crippen LogP contribution < -0.4 is 5.32 Å². The van der Waals surface area contributed by atoms with Crippen LogP contribution in [0.5, 0.6) is 0 Å². The zero-order valence-corrected chi connectivity index (χ0v) is 13.6. The topological polar surface area (TPSA) is 33.1 Å². The molecule has 120 valence electrons. The fraction of sp³-hybridized carbons (Fsp3) is 0.471. The molecule has 4 nitrogen and oxygen atoms in total. The highest BCUT2D eigenvalue weighted by molar-refractivity contribution is 5.20. The van der Waals surface area contributed by atoms with Crippen molar-refractivity contribution in [1.29, 1.82) is 0 Å². The van der Waals surface area contributed by atoms with E-state index in [0.29, 0.717) is 0 Å². The fourth-order valence-corrected chi connectivity index (χ4v) is 2.51. The molecule has 0 fully saturated rings. The van der Waals surface area contributed by atoms with Crippen LogP contribution in [0, 0.1) is 5.82 Å². The van der Waals surface area contributed by atoms with Crippen LogP contribution in [0.4, 0.5) is 4.39 Å². The number of aromatic nitrogens is 2. The lowest BCUT2D eigenvalue weighted by Gasteiger charge is -2.25. The van der Waals surface area contributed by atoms with Crippen LogP contribution in [0.3, 0.4) is 0 Å². The number of hydrogen-bond donors (Lipinski definition) is 1. The standard InChI is InChI=1S/C17H25FN4/c1-4-8-22-13-14(11-20-22)10-19-12-17(21(2)3)15-6-5-7-16(18)9-15/h5-7,9,11,13,17,19H,4,8,10,12H2,1-3H3. The van der Waals surface area contributed by atoms with Crippen molar-refractivity contribution in [3.63, 3.8) is 0 Å². The van der Waals surface area contributed by atoms with Crippen molar-refractivity contribution in [2.45, 2.75) is 32.5 Å². The summed E-state index contributed by atoms with van der Waals surface area (Å²) >= 11 is 0. The van der Waals surface area contributed by atoms with Crippen LogP contribution in [-0.2, 0) is 13.1 Å². The molecule has 5 heteroatoms. The Morgan fingerprint density at radius 3 is 2.86 bits per heavy atom. The predicted molar refractivity (Wildman–Crippen MR) is 87.1 cm³/mol. The van der Waals surface area contributed by atoms with Gasteiger partial charge in [-0.1, -0.05) is 19.1 Å². The number of likely N-dealkylation sites (N-methyl/N-ethyl adjacent to an activating group) is 1. The van der Waals surface area contributed by atoms with Crippen LogP contribution in [0.2, 0.25) is 0 Å². The maximum absolute atomic E-state index is 13.4. The molecule has 1 heterocycles. The van der Waals surface area contributed by atoms with Gasteiger partial charge in [0.15, 0.2) is 0 Å². The molecule has 1 aromatic carbocycles. The van der Waals surface area contributed by atoms with Crippen molar-refractivity contribution in [1.82, 2.24) is 20.0 Å². The van der Waals surface area contributed by atoms with Gasteiger partial charge in [0.05, 0.1) is 6.20 Å². The van der Waals surface area contributed by atoms with E-state index in [0.717, 1.165) is 31.6 Å². The maximum atomic E-state index is 13.4. The second-order valence-corrected chi connectivity index (χ2v) is 5.78. The van der Waals surface area contributed by atoms with Crippen molar-refractivity contribution in [2.75, 3.05) is 20.6 Å². The first kappa shape index (κ1) is 16.6. The van der Waals surface area contributed by atoms with Gasteiger partial charge in [-0.25, -0.2) is 4.39 Å². The van der Waals surface area contributed by atoms with E-state index in [1.54, 1.807) is 12.1 Å². The lowest BCUT2D eigenvalue weighted by molar-refractivity contribution is 0.287. The van der Waals surface area contributed by atoms with E-state index in [-0.39, 0.29) is 11.9 Å². The summed E-state index contributed by atoms with van der Waals surface area (Å²) in [5.74, 6) is -0.190. The van der Waals surface area contributed by atoms with E-state index in [2.05, 4.69) is 28.4 Å². The van der Waals surface area contributed by atoms with Gasteiger partial charge in [-0.15, -0.1) is 0 Å². The van der Waals surface area contributed by atoms with E-state index >= 15 is 0 Å². The molecule has 0 radical (unpaired) electrons. The van der Waals surface area contributed by atoms with Gasteiger partial charge >= 0.3 is 0 Å². The summed E-state index contributed by atoms with van der Waals surface area (Å²) in [5, 5.41) is 7.76. The van der Waals surface area contributed by atoms with Gasteiger partial charge in [0, 0.05) is 37.4 Å². The first-order valence-electron chi connectivity index (χ1n) is 7.74. The predicted octanol–water partition coefficient (Wildman–Crippen LogP) is 2.82. The smallest absolute Gasteiger partial charge is 0.123 e. The maximum Gasteiger partial charge on any atom is 0.123 e. The molecule has 1 unspecified atom stereocenters. The third-order valence-corrected chi connectivity index (χ3v) is 3.66. The highest BCUT2D eigenvalue weighted by Gasteiger charge is 2.14. The number of rotatable bonds is 8. The van der Waals surface area contributed by atoms with Crippen molar-refractivity contribution in [2.24, 2.45) is 0 Å². The minimum atomic E-state index is -0.190. The molecule has 1 aromatic heterocycles. The van der Waals surface area contributed by atoms with Gasteiger partial charge < -0.3 is 10.2 Å². The van der Waals surface area contributed by atoms with Gasteiger partial charge in [0.2, 0.25) is 0 Å². The molecule has 0 aliphatic rings. The zero-order valence-electron chi connectivity index (χ0n) is 13.6. The minimum absolute atomic E-state index is 0.140. The number of halogens is 1. The van der Waals surface area contributed by atoms with Crippen molar-refractivity contribution >= 4 is 0 Å². The Balaban J connectivity index is 1.91. The largest absolute Gasteiger partial charge is 0.311 e. The number of benzene rings is 1. The highest BCUT2D eigenvalue weighted by Crippen LogP contribution is 2.18. The van der Waals surface area contributed by atoms with Gasteiger partial charge in [-0.3, -0.25) is 4.68 Å². The van der Waals surface area contributed by atoms with Crippen LogP contribution >= 0.6 is 0 Å². The van der Waals surface area contributed by atoms with Gasteiger partial charge in [-0.2, -0.15) is 5.10 Å². The van der Waals surface area contributed by atoms with E-state index in [1.807, 2.05) is 31.0 Å². The molecule has 0 aliphatic carbocycles. The quantitative estimate of drug-likeness (QED) is 0.814. The van der Waals surface area contributed by atoms with Gasteiger partial charge in [-0.05, 0) is 38.2 Å². The minimum Gasteiger partial charge on any atom is -0.311 e. The molecule has 0 saturated heterocycles. The van der Waals surface area contributed by atoms with Crippen LogP contribution in [-0.4, -0.2) is 35.3 Å². The summed E-state index contributed by atoms with van der Waals surface area (Å²) in [6.45, 7) is 4.61. The lowest BCUT2D eigenvalue weighted by atomic mass is 10.1. The summed E-state index contributed by atoms with van der Waals surface area (Å²) in [5.41, 5.74) is 2.16. The Morgan fingerprint density at radius 1 is 1.36 bits per heavy atom. The number of nitrogens with zero attached hydrogens (tertiary/aromatic N) is 3. The molecule has 2 rings (SSSR count). The molecule has 0 saturated carbocycles. The molecule has 0 amide bonds.